The fourth-order valence-corrected chi connectivity index (χ4v) is 3.00. The standard InChI is InChI=1S/C14H16N4S/c1-15-7-6-11-8-18(10-16-11)9-14-17-12-4-2-3-5-13(12)19-14/h2-5,8,10,15H,6-7,9H2,1H3. The van der Waals surface area contributed by atoms with Crippen LogP contribution < -0.4 is 5.32 Å². The van der Waals surface area contributed by atoms with Crippen molar-refractivity contribution in [2.24, 2.45) is 0 Å². The summed E-state index contributed by atoms with van der Waals surface area (Å²) in [6.45, 7) is 1.75. The summed E-state index contributed by atoms with van der Waals surface area (Å²) in [4.78, 5) is 9.04. The topological polar surface area (TPSA) is 42.7 Å². The zero-order valence-corrected chi connectivity index (χ0v) is 11.7. The molecule has 0 amide bonds. The highest BCUT2D eigenvalue weighted by Gasteiger charge is 2.05. The van der Waals surface area contributed by atoms with Crippen LogP contribution >= 0.6 is 11.3 Å². The third-order valence-electron chi connectivity index (χ3n) is 2.97. The van der Waals surface area contributed by atoms with E-state index in [0.717, 1.165) is 35.7 Å². The summed E-state index contributed by atoms with van der Waals surface area (Å²) >= 11 is 1.75. The largest absolute Gasteiger partial charge is 0.330 e. The van der Waals surface area contributed by atoms with E-state index in [4.69, 9.17) is 0 Å². The van der Waals surface area contributed by atoms with Gasteiger partial charge in [0.2, 0.25) is 0 Å². The first-order valence-corrected chi connectivity index (χ1v) is 7.16. The zero-order chi connectivity index (χ0) is 13.1. The summed E-state index contributed by atoms with van der Waals surface area (Å²) in [7, 11) is 1.96. The van der Waals surface area contributed by atoms with Gasteiger partial charge in [-0.25, -0.2) is 9.97 Å². The molecule has 0 saturated heterocycles. The third-order valence-corrected chi connectivity index (χ3v) is 4.00. The molecule has 0 aliphatic carbocycles. The highest BCUT2D eigenvalue weighted by Crippen LogP contribution is 2.22. The van der Waals surface area contributed by atoms with E-state index in [-0.39, 0.29) is 0 Å². The van der Waals surface area contributed by atoms with E-state index >= 15 is 0 Å². The normalized spacial score (nSPS) is 11.2. The Morgan fingerprint density at radius 1 is 1.32 bits per heavy atom. The SMILES string of the molecule is CNCCc1cn(Cc2nc3ccccc3s2)cn1. The van der Waals surface area contributed by atoms with Crippen molar-refractivity contribution in [3.05, 3.63) is 47.5 Å². The molecule has 4 nitrogen and oxygen atoms in total. The first-order chi connectivity index (χ1) is 9.35. The lowest BCUT2D eigenvalue weighted by Gasteiger charge is -1.97. The molecule has 5 heteroatoms. The second-order valence-electron chi connectivity index (χ2n) is 4.47. The van der Waals surface area contributed by atoms with Crippen LogP contribution in [0, 0.1) is 0 Å². The fraction of sp³-hybridized carbons (Fsp3) is 0.286. The van der Waals surface area contributed by atoms with Gasteiger partial charge in [-0.05, 0) is 19.2 Å². The van der Waals surface area contributed by atoms with Gasteiger partial charge in [-0.15, -0.1) is 11.3 Å². The van der Waals surface area contributed by atoms with Gasteiger partial charge in [0.15, 0.2) is 0 Å². The summed E-state index contributed by atoms with van der Waals surface area (Å²) in [5.41, 5.74) is 2.20. The quantitative estimate of drug-likeness (QED) is 0.775. The molecule has 1 aromatic carbocycles. The molecule has 0 saturated carbocycles. The Kier molecular flexibility index (Phi) is 3.57. The molecule has 2 heterocycles. The van der Waals surface area contributed by atoms with Crippen LogP contribution in [-0.4, -0.2) is 28.1 Å². The van der Waals surface area contributed by atoms with E-state index in [1.54, 1.807) is 11.3 Å². The van der Waals surface area contributed by atoms with Crippen molar-refractivity contribution in [1.29, 1.82) is 0 Å². The number of thiazole rings is 1. The van der Waals surface area contributed by atoms with Crippen molar-refractivity contribution in [3.8, 4) is 0 Å². The molecule has 1 N–H and O–H groups in total. The second-order valence-corrected chi connectivity index (χ2v) is 5.58. The number of para-hydroxylation sites is 1. The Bertz CT molecular complexity index is 638. The fourth-order valence-electron chi connectivity index (χ4n) is 2.02. The zero-order valence-electron chi connectivity index (χ0n) is 10.8. The van der Waals surface area contributed by atoms with Crippen LogP contribution in [0.15, 0.2) is 36.8 Å². The van der Waals surface area contributed by atoms with Crippen molar-refractivity contribution in [3.63, 3.8) is 0 Å². The van der Waals surface area contributed by atoms with E-state index in [0.29, 0.717) is 0 Å². The molecule has 98 valence electrons. The van der Waals surface area contributed by atoms with Crippen LogP contribution in [-0.2, 0) is 13.0 Å². The molecule has 0 aliphatic rings. The van der Waals surface area contributed by atoms with E-state index in [9.17, 15) is 0 Å². The summed E-state index contributed by atoms with van der Waals surface area (Å²) in [6.07, 6.45) is 4.95. The lowest BCUT2D eigenvalue weighted by molar-refractivity contribution is 0.772. The van der Waals surface area contributed by atoms with Crippen LogP contribution in [0.25, 0.3) is 10.2 Å². The molecule has 19 heavy (non-hydrogen) atoms. The first-order valence-electron chi connectivity index (χ1n) is 6.35. The van der Waals surface area contributed by atoms with E-state index < -0.39 is 0 Å². The monoisotopic (exact) mass is 272 g/mol. The van der Waals surface area contributed by atoms with E-state index in [1.165, 1.54) is 4.70 Å². The van der Waals surface area contributed by atoms with Gasteiger partial charge in [0.05, 0.1) is 28.8 Å². The molecule has 0 aliphatic heterocycles. The lowest BCUT2D eigenvalue weighted by atomic mass is 10.3. The van der Waals surface area contributed by atoms with E-state index in [1.807, 2.05) is 19.4 Å². The van der Waals surface area contributed by atoms with Gasteiger partial charge in [-0.2, -0.15) is 0 Å². The minimum absolute atomic E-state index is 0.798. The number of aromatic nitrogens is 3. The number of imidazole rings is 1. The van der Waals surface area contributed by atoms with Crippen LogP contribution in [0.1, 0.15) is 10.7 Å². The van der Waals surface area contributed by atoms with Crippen LogP contribution in [0.2, 0.25) is 0 Å². The number of rotatable bonds is 5. The lowest BCUT2D eigenvalue weighted by Crippen LogP contribution is -2.10. The van der Waals surface area contributed by atoms with Crippen LogP contribution in [0.3, 0.4) is 0 Å². The Balaban J connectivity index is 1.75. The molecule has 0 fully saturated rings. The maximum Gasteiger partial charge on any atom is 0.114 e. The molecule has 3 rings (SSSR count). The Labute approximate surface area is 116 Å². The molecule has 2 aromatic heterocycles. The van der Waals surface area contributed by atoms with Crippen molar-refractivity contribution < 1.29 is 0 Å². The smallest absolute Gasteiger partial charge is 0.114 e. The Morgan fingerprint density at radius 2 is 2.21 bits per heavy atom. The van der Waals surface area contributed by atoms with Gasteiger partial charge < -0.3 is 9.88 Å². The molecular formula is C14H16N4S. The average Bonchev–Trinajstić information content (AvgIpc) is 3.02. The molecule has 0 radical (unpaired) electrons. The summed E-state index contributed by atoms with van der Waals surface area (Å²) in [5.74, 6) is 0. The average molecular weight is 272 g/mol. The first kappa shape index (κ1) is 12.3. The van der Waals surface area contributed by atoms with Gasteiger partial charge in [0.1, 0.15) is 5.01 Å². The number of likely N-dealkylation sites (N-methyl/N-ethyl adjacent to an activating group) is 1. The molecule has 3 aromatic rings. The van der Waals surface area contributed by atoms with Gasteiger partial charge in [-0.3, -0.25) is 0 Å². The Hall–Kier alpha value is -1.72. The Morgan fingerprint density at radius 3 is 3.05 bits per heavy atom. The number of hydrogen-bond acceptors (Lipinski definition) is 4. The highest BCUT2D eigenvalue weighted by molar-refractivity contribution is 7.18. The molecule has 0 atom stereocenters. The van der Waals surface area contributed by atoms with Gasteiger partial charge >= 0.3 is 0 Å². The van der Waals surface area contributed by atoms with Gasteiger partial charge in [0, 0.05) is 19.2 Å². The predicted molar refractivity (Wildman–Crippen MR) is 78.6 cm³/mol. The number of nitrogens with zero attached hydrogens (tertiary/aromatic N) is 3. The van der Waals surface area contributed by atoms with Gasteiger partial charge in [-0.1, -0.05) is 12.1 Å². The molecule has 0 bridgehead atoms. The van der Waals surface area contributed by atoms with Crippen molar-refractivity contribution >= 4 is 21.6 Å². The van der Waals surface area contributed by atoms with Crippen molar-refractivity contribution in [1.82, 2.24) is 19.9 Å². The molecule has 0 spiro atoms. The third kappa shape index (κ3) is 2.83. The van der Waals surface area contributed by atoms with E-state index in [2.05, 4.69) is 44.2 Å². The minimum Gasteiger partial charge on any atom is -0.330 e. The summed E-state index contributed by atoms with van der Waals surface area (Å²) in [5, 5.41) is 4.26. The summed E-state index contributed by atoms with van der Waals surface area (Å²) < 4.78 is 3.34. The number of hydrogen-bond donors (Lipinski definition) is 1. The molecular weight excluding hydrogens is 256 g/mol. The second kappa shape index (κ2) is 5.50. The number of fused-ring (bicyclic) bond motifs is 1. The minimum atomic E-state index is 0.798. The predicted octanol–water partition coefficient (Wildman–Crippen LogP) is 2.30. The van der Waals surface area contributed by atoms with Crippen molar-refractivity contribution in [2.45, 2.75) is 13.0 Å². The highest BCUT2D eigenvalue weighted by atomic mass is 32.1. The number of benzene rings is 1. The number of nitrogens with one attached hydrogen (secondary N) is 1. The maximum atomic E-state index is 4.64. The van der Waals surface area contributed by atoms with Crippen LogP contribution in [0.4, 0.5) is 0 Å². The van der Waals surface area contributed by atoms with Gasteiger partial charge in [0.25, 0.3) is 0 Å². The van der Waals surface area contributed by atoms with Crippen molar-refractivity contribution in [2.75, 3.05) is 13.6 Å². The summed E-state index contributed by atoms with van der Waals surface area (Å²) in [6, 6.07) is 8.25. The van der Waals surface area contributed by atoms with Crippen LogP contribution in [0.5, 0.6) is 0 Å². The molecule has 0 unspecified atom stereocenters. The maximum absolute atomic E-state index is 4.64.